The van der Waals surface area contributed by atoms with E-state index in [2.05, 4.69) is 20.7 Å². The molecule has 1 amide bonds. The Hall–Kier alpha value is -3.03. The zero-order valence-corrected chi connectivity index (χ0v) is 16.5. The van der Waals surface area contributed by atoms with Crippen molar-refractivity contribution < 1.29 is 14.3 Å². The molecule has 0 aliphatic rings. The van der Waals surface area contributed by atoms with Crippen molar-refractivity contribution in [2.75, 3.05) is 14.2 Å². The Morgan fingerprint density at radius 3 is 2.57 bits per heavy atom. The molecule has 0 atom stereocenters. The number of nitrogens with one attached hydrogen (secondary N) is 2. The predicted octanol–water partition coefficient (Wildman–Crippen LogP) is 4.16. The highest BCUT2D eigenvalue weighted by atomic mass is 35.5. The molecule has 0 aliphatic carbocycles. The van der Waals surface area contributed by atoms with Crippen LogP contribution in [0.4, 0.5) is 0 Å². The summed E-state index contributed by atoms with van der Waals surface area (Å²) in [6.07, 6.45) is 1.38. The number of ether oxygens (including phenoxy) is 2. The van der Waals surface area contributed by atoms with Gasteiger partial charge in [0.1, 0.15) is 17.2 Å². The van der Waals surface area contributed by atoms with Crippen LogP contribution in [0.5, 0.6) is 11.5 Å². The number of carbonyl (C=O) groups is 1. The van der Waals surface area contributed by atoms with Gasteiger partial charge >= 0.3 is 0 Å². The lowest BCUT2D eigenvalue weighted by molar-refractivity contribution is 0.0950. The molecule has 7 nitrogen and oxygen atoms in total. The van der Waals surface area contributed by atoms with Crippen molar-refractivity contribution in [1.82, 2.24) is 15.6 Å². The summed E-state index contributed by atoms with van der Waals surface area (Å²) in [7, 11) is 3.12. The Labute approximate surface area is 171 Å². The summed E-state index contributed by atoms with van der Waals surface area (Å²) in [6, 6.07) is 12.0. The summed E-state index contributed by atoms with van der Waals surface area (Å²) in [4.78, 5) is 12.3. The third-order valence-electron chi connectivity index (χ3n) is 3.86. The van der Waals surface area contributed by atoms with Gasteiger partial charge in [0.05, 0.1) is 36.2 Å². The smallest absolute Gasteiger partial charge is 0.289 e. The van der Waals surface area contributed by atoms with E-state index in [-0.39, 0.29) is 5.69 Å². The Morgan fingerprint density at radius 1 is 1.14 bits per heavy atom. The van der Waals surface area contributed by atoms with E-state index >= 15 is 0 Å². The largest absolute Gasteiger partial charge is 0.497 e. The van der Waals surface area contributed by atoms with Gasteiger partial charge in [-0.25, -0.2) is 5.43 Å². The van der Waals surface area contributed by atoms with Crippen molar-refractivity contribution >= 4 is 35.3 Å². The minimum atomic E-state index is -0.472. The van der Waals surface area contributed by atoms with Gasteiger partial charge in [-0.1, -0.05) is 29.3 Å². The van der Waals surface area contributed by atoms with Gasteiger partial charge in [0.2, 0.25) is 0 Å². The lowest BCUT2D eigenvalue weighted by Crippen LogP contribution is -2.18. The van der Waals surface area contributed by atoms with Gasteiger partial charge in [0.15, 0.2) is 0 Å². The van der Waals surface area contributed by atoms with Crippen LogP contribution in [0.1, 0.15) is 16.1 Å². The van der Waals surface area contributed by atoms with Gasteiger partial charge in [-0.2, -0.15) is 10.2 Å². The minimum absolute atomic E-state index is 0.224. The first-order valence-corrected chi connectivity index (χ1v) is 8.84. The SMILES string of the molecule is COc1ccc(OC)c(-c2cc(C(=O)N/N=C/c3c(Cl)cccc3Cl)[nH]n2)c1. The minimum Gasteiger partial charge on any atom is -0.497 e. The molecule has 3 rings (SSSR count). The number of aromatic nitrogens is 2. The lowest BCUT2D eigenvalue weighted by atomic mass is 10.1. The Balaban J connectivity index is 1.77. The molecule has 0 saturated carbocycles. The van der Waals surface area contributed by atoms with Crippen LogP contribution >= 0.6 is 23.2 Å². The zero-order valence-electron chi connectivity index (χ0n) is 15.0. The number of rotatable bonds is 6. The fourth-order valence-electron chi connectivity index (χ4n) is 2.44. The van der Waals surface area contributed by atoms with Crippen LogP contribution < -0.4 is 14.9 Å². The van der Waals surface area contributed by atoms with E-state index in [0.29, 0.717) is 38.4 Å². The van der Waals surface area contributed by atoms with Gasteiger partial charge in [-0.05, 0) is 36.4 Å². The molecule has 1 heterocycles. The van der Waals surface area contributed by atoms with Crippen LogP contribution in [0.25, 0.3) is 11.3 Å². The summed E-state index contributed by atoms with van der Waals surface area (Å²) in [5, 5.41) is 11.6. The molecule has 0 fully saturated rings. The average molecular weight is 419 g/mol. The van der Waals surface area contributed by atoms with E-state index in [1.807, 2.05) is 0 Å². The van der Waals surface area contributed by atoms with E-state index in [4.69, 9.17) is 32.7 Å². The van der Waals surface area contributed by atoms with Gasteiger partial charge in [0.25, 0.3) is 5.91 Å². The topological polar surface area (TPSA) is 88.6 Å². The monoisotopic (exact) mass is 418 g/mol. The molecule has 144 valence electrons. The van der Waals surface area contributed by atoms with E-state index in [9.17, 15) is 4.79 Å². The maximum atomic E-state index is 12.3. The van der Waals surface area contributed by atoms with E-state index < -0.39 is 5.91 Å². The number of carbonyl (C=O) groups excluding carboxylic acids is 1. The van der Waals surface area contributed by atoms with Crippen LogP contribution in [-0.4, -0.2) is 36.5 Å². The first kappa shape index (κ1) is 19.7. The van der Waals surface area contributed by atoms with Gasteiger partial charge in [-0.15, -0.1) is 0 Å². The lowest BCUT2D eigenvalue weighted by Gasteiger charge is -2.08. The summed E-state index contributed by atoms with van der Waals surface area (Å²) >= 11 is 12.1. The average Bonchev–Trinajstić information content (AvgIpc) is 3.19. The number of benzene rings is 2. The highest BCUT2D eigenvalue weighted by molar-refractivity contribution is 6.38. The maximum Gasteiger partial charge on any atom is 0.289 e. The number of hydrogen-bond donors (Lipinski definition) is 2. The van der Waals surface area contributed by atoms with Crippen molar-refractivity contribution in [2.24, 2.45) is 5.10 Å². The summed E-state index contributed by atoms with van der Waals surface area (Å²) in [6.45, 7) is 0. The molecule has 0 radical (unpaired) electrons. The quantitative estimate of drug-likeness (QED) is 0.464. The number of hydrogen-bond acceptors (Lipinski definition) is 5. The number of nitrogens with zero attached hydrogens (tertiary/aromatic N) is 2. The Bertz CT molecular complexity index is 1010. The molecular weight excluding hydrogens is 403 g/mol. The third kappa shape index (κ3) is 4.27. The van der Waals surface area contributed by atoms with Crippen LogP contribution in [0.2, 0.25) is 10.0 Å². The summed E-state index contributed by atoms with van der Waals surface area (Å²) in [5.41, 5.74) is 4.35. The molecule has 0 aliphatic heterocycles. The number of halogens is 2. The van der Waals surface area contributed by atoms with Crippen molar-refractivity contribution in [1.29, 1.82) is 0 Å². The molecule has 28 heavy (non-hydrogen) atoms. The fraction of sp³-hybridized carbons (Fsp3) is 0.105. The number of amides is 1. The van der Waals surface area contributed by atoms with Gasteiger partial charge < -0.3 is 9.47 Å². The second-order valence-electron chi connectivity index (χ2n) is 5.57. The fourth-order valence-corrected chi connectivity index (χ4v) is 2.94. The second kappa shape index (κ2) is 8.77. The zero-order chi connectivity index (χ0) is 20.1. The summed E-state index contributed by atoms with van der Waals surface area (Å²) in [5.74, 6) is 0.775. The van der Waals surface area contributed by atoms with Crippen LogP contribution in [0.15, 0.2) is 47.6 Å². The second-order valence-corrected chi connectivity index (χ2v) is 6.38. The standard InChI is InChI=1S/C19H16Cl2N4O3/c1-27-11-6-7-18(28-2)12(8-11)16-9-17(24-23-16)19(26)25-22-10-13-14(20)4-3-5-15(13)21/h3-10H,1-2H3,(H,23,24)(H,25,26)/b22-10+. The number of methoxy groups -OCH3 is 2. The van der Waals surface area contributed by atoms with E-state index in [1.165, 1.54) is 6.21 Å². The molecule has 1 aromatic heterocycles. The van der Waals surface area contributed by atoms with Crippen molar-refractivity contribution in [3.63, 3.8) is 0 Å². The third-order valence-corrected chi connectivity index (χ3v) is 4.52. The predicted molar refractivity (Wildman–Crippen MR) is 109 cm³/mol. The molecule has 0 spiro atoms. The maximum absolute atomic E-state index is 12.3. The molecule has 2 aromatic carbocycles. The normalized spacial score (nSPS) is 10.9. The molecule has 2 N–H and O–H groups in total. The van der Waals surface area contributed by atoms with Crippen molar-refractivity contribution in [3.05, 3.63) is 63.8 Å². The van der Waals surface area contributed by atoms with Crippen LogP contribution in [0.3, 0.4) is 0 Å². The Morgan fingerprint density at radius 2 is 1.89 bits per heavy atom. The van der Waals surface area contributed by atoms with Crippen molar-refractivity contribution in [3.8, 4) is 22.8 Å². The first-order chi connectivity index (χ1) is 13.5. The number of H-pyrrole nitrogens is 1. The molecule has 3 aromatic rings. The highest BCUT2D eigenvalue weighted by Crippen LogP contribution is 2.32. The molecule has 9 heteroatoms. The van der Waals surface area contributed by atoms with Crippen molar-refractivity contribution in [2.45, 2.75) is 0 Å². The first-order valence-electron chi connectivity index (χ1n) is 8.08. The van der Waals surface area contributed by atoms with Gasteiger partial charge in [0, 0.05) is 11.1 Å². The summed E-state index contributed by atoms with van der Waals surface area (Å²) < 4.78 is 10.6. The Kier molecular flexibility index (Phi) is 6.18. The van der Waals surface area contributed by atoms with E-state index in [0.717, 1.165) is 0 Å². The highest BCUT2D eigenvalue weighted by Gasteiger charge is 2.14. The van der Waals surface area contributed by atoms with Crippen LogP contribution in [0, 0.1) is 0 Å². The van der Waals surface area contributed by atoms with Gasteiger partial charge in [-0.3, -0.25) is 9.89 Å². The number of hydrazone groups is 1. The van der Waals surface area contributed by atoms with E-state index in [1.54, 1.807) is 56.7 Å². The molecule has 0 unspecified atom stereocenters. The molecule has 0 saturated heterocycles. The molecular formula is C19H16Cl2N4O3. The van der Waals surface area contributed by atoms with Crippen LogP contribution in [-0.2, 0) is 0 Å². The number of aromatic amines is 1. The molecule has 0 bridgehead atoms.